The monoisotopic (exact) mass is 245 g/mol. The van der Waals surface area contributed by atoms with Crippen molar-refractivity contribution in [1.82, 2.24) is 10.0 Å². The van der Waals surface area contributed by atoms with Gasteiger partial charge in [0.1, 0.15) is 0 Å². The number of nitrogens with zero attached hydrogens (tertiary/aromatic N) is 1. The summed E-state index contributed by atoms with van der Waals surface area (Å²) in [4.78, 5) is 11.5. The molecule has 6 nitrogen and oxygen atoms in total. The summed E-state index contributed by atoms with van der Waals surface area (Å²) in [5.74, 6) is -0.351. The summed E-state index contributed by atoms with van der Waals surface area (Å²) in [5, 5.41) is 10.0. The van der Waals surface area contributed by atoms with Crippen LogP contribution in [0.1, 0.15) is 26.7 Å². The number of hydrogen-bond donors (Lipinski definition) is 2. The molecule has 0 aromatic carbocycles. The van der Waals surface area contributed by atoms with Crippen LogP contribution in [0.5, 0.6) is 0 Å². The van der Waals surface area contributed by atoms with E-state index in [9.17, 15) is 13.2 Å². The minimum absolute atomic E-state index is 0.188. The molecule has 1 aliphatic rings. The number of nitrogens with one attached hydrogen (secondary N) is 2. The van der Waals surface area contributed by atoms with Crippen LogP contribution in [0, 0.1) is 11.3 Å². The molecule has 0 radical (unpaired) electrons. The van der Waals surface area contributed by atoms with Crippen molar-refractivity contribution >= 4 is 15.9 Å². The average molecular weight is 245 g/mol. The molecule has 7 heteroatoms. The van der Waals surface area contributed by atoms with Gasteiger partial charge >= 0.3 is 0 Å². The minimum atomic E-state index is -3.74. The lowest BCUT2D eigenvalue weighted by atomic mass is 10.3. The van der Waals surface area contributed by atoms with E-state index in [2.05, 4.69) is 10.0 Å². The van der Waals surface area contributed by atoms with Crippen LogP contribution in [0.15, 0.2) is 0 Å². The molecule has 1 amide bonds. The molecular formula is C9H15N3O3S. The molecule has 0 heterocycles. The molecule has 16 heavy (non-hydrogen) atoms. The highest BCUT2D eigenvalue weighted by molar-refractivity contribution is 7.90. The smallest absolute Gasteiger partial charge is 0.238 e. The third-order valence-corrected chi connectivity index (χ3v) is 4.02. The molecule has 0 aliphatic heterocycles. The predicted molar refractivity (Wildman–Crippen MR) is 57.8 cm³/mol. The lowest BCUT2D eigenvalue weighted by Gasteiger charge is -2.14. The first-order chi connectivity index (χ1) is 7.36. The van der Waals surface area contributed by atoms with Crippen molar-refractivity contribution < 1.29 is 13.2 Å². The Morgan fingerprint density at radius 3 is 2.44 bits per heavy atom. The zero-order valence-electron chi connectivity index (χ0n) is 9.23. The van der Waals surface area contributed by atoms with Crippen LogP contribution in [-0.2, 0) is 14.8 Å². The molecule has 1 aliphatic carbocycles. The van der Waals surface area contributed by atoms with Crippen LogP contribution in [-0.4, -0.2) is 31.7 Å². The Hall–Kier alpha value is -1.13. The Morgan fingerprint density at radius 1 is 1.44 bits per heavy atom. The fraction of sp³-hybridized carbons (Fsp3) is 0.778. The van der Waals surface area contributed by atoms with Crippen LogP contribution >= 0.6 is 0 Å². The van der Waals surface area contributed by atoms with Gasteiger partial charge in [0.25, 0.3) is 0 Å². The van der Waals surface area contributed by atoms with Gasteiger partial charge in [-0.15, -0.1) is 0 Å². The van der Waals surface area contributed by atoms with Gasteiger partial charge in [0.2, 0.25) is 15.9 Å². The number of hydrogen-bond acceptors (Lipinski definition) is 4. The highest BCUT2D eigenvalue weighted by atomic mass is 32.2. The van der Waals surface area contributed by atoms with Crippen molar-refractivity contribution in [3.05, 3.63) is 0 Å². The van der Waals surface area contributed by atoms with E-state index in [1.165, 1.54) is 13.8 Å². The molecule has 0 spiro atoms. The van der Waals surface area contributed by atoms with Gasteiger partial charge in [-0.2, -0.15) is 5.26 Å². The maximum Gasteiger partial charge on any atom is 0.238 e. The number of carbonyl (C=O) groups is 1. The van der Waals surface area contributed by atoms with E-state index in [4.69, 9.17) is 5.26 Å². The number of nitriles is 1. The minimum Gasteiger partial charge on any atom is -0.352 e. The van der Waals surface area contributed by atoms with Gasteiger partial charge in [-0.1, -0.05) is 0 Å². The lowest BCUT2D eigenvalue weighted by Crippen LogP contribution is -2.47. The van der Waals surface area contributed by atoms with E-state index >= 15 is 0 Å². The summed E-state index contributed by atoms with van der Waals surface area (Å²) in [6.45, 7) is 2.73. The van der Waals surface area contributed by atoms with Crippen molar-refractivity contribution in [2.45, 2.75) is 44.0 Å². The number of amides is 1. The van der Waals surface area contributed by atoms with Crippen LogP contribution in [0.4, 0.5) is 0 Å². The first kappa shape index (κ1) is 12.9. The molecule has 1 saturated carbocycles. The van der Waals surface area contributed by atoms with E-state index < -0.39 is 21.3 Å². The Bertz CT molecular complexity index is 408. The molecule has 1 fully saturated rings. The van der Waals surface area contributed by atoms with Crippen LogP contribution in [0.2, 0.25) is 0 Å². The number of carbonyl (C=O) groups excluding carboxylic acids is 1. The first-order valence-corrected chi connectivity index (χ1v) is 6.62. The fourth-order valence-electron chi connectivity index (χ4n) is 1.03. The maximum atomic E-state index is 11.5. The molecule has 0 bridgehead atoms. The van der Waals surface area contributed by atoms with Crippen molar-refractivity contribution in [3.63, 3.8) is 0 Å². The fourth-order valence-corrected chi connectivity index (χ4v) is 1.97. The second-order valence-electron chi connectivity index (χ2n) is 3.94. The standard InChI is InChI=1S/C9H15N3O3S/c1-6(5-10)16(14,15)12-7(2)9(13)11-8-3-4-8/h6-8,12H,3-4H2,1-2H3,(H,11,13). The quantitative estimate of drug-likeness (QED) is 0.681. The van der Waals surface area contributed by atoms with Gasteiger partial charge in [-0.05, 0) is 26.7 Å². The van der Waals surface area contributed by atoms with Gasteiger partial charge in [0, 0.05) is 6.04 Å². The van der Waals surface area contributed by atoms with Crippen LogP contribution < -0.4 is 10.0 Å². The van der Waals surface area contributed by atoms with Crippen molar-refractivity contribution in [1.29, 1.82) is 5.26 Å². The van der Waals surface area contributed by atoms with E-state index in [-0.39, 0.29) is 11.9 Å². The molecular weight excluding hydrogens is 230 g/mol. The summed E-state index contributed by atoms with van der Waals surface area (Å²) in [5.41, 5.74) is 0. The summed E-state index contributed by atoms with van der Waals surface area (Å²) in [6, 6.07) is 0.962. The summed E-state index contributed by atoms with van der Waals surface area (Å²) >= 11 is 0. The zero-order valence-corrected chi connectivity index (χ0v) is 10.0. The molecule has 2 N–H and O–H groups in total. The van der Waals surface area contributed by atoms with Crippen molar-refractivity contribution in [2.24, 2.45) is 0 Å². The van der Waals surface area contributed by atoms with Crippen molar-refractivity contribution in [3.8, 4) is 6.07 Å². The van der Waals surface area contributed by atoms with Gasteiger partial charge in [0.15, 0.2) is 5.25 Å². The highest BCUT2D eigenvalue weighted by Crippen LogP contribution is 2.18. The molecule has 2 unspecified atom stereocenters. The Morgan fingerprint density at radius 2 is 2.00 bits per heavy atom. The Balaban J connectivity index is 2.52. The number of sulfonamides is 1. The van der Waals surface area contributed by atoms with Gasteiger partial charge in [-0.25, -0.2) is 13.1 Å². The lowest BCUT2D eigenvalue weighted by molar-refractivity contribution is -0.122. The molecule has 0 saturated heterocycles. The average Bonchev–Trinajstić information content (AvgIpc) is 2.99. The molecule has 1 rings (SSSR count). The van der Waals surface area contributed by atoms with Crippen molar-refractivity contribution in [2.75, 3.05) is 0 Å². The molecule has 2 atom stereocenters. The molecule has 0 aromatic heterocycles. The van der Waals surface area contributed by atoms with E-state index in [1.807, 2.05) is 0 Å². The SMILES string of the molecule is CC(NS(=O)(=O)C(C)C#N)C(=O)NC1CC1. The topological polar surface area (TPSA) is 99.1 Å². The van der Waals surface area contributed by atoms with E-state index in [1.54, 1.807) is 6.07 Å². The predicted octanol–water partition coefficient (Wildman–Crippen LogP) is -0.515. The second-order valence-corrected chi connectivity index (χ2v) is 5.97. The third kappa shape index (κ3) is 3.47. The van der Waals surface area contributed by atoms with E-state index in [0.29, 0.717) is 0 Å². The third-order valence-electron chi connectivity index (χ3n) is 2.31. The second kappa shape index (κ2) is 4.80. The largest absolute Gasteiger partial charge is 0.352 e. The molecule has 0 aromatic rings. The highest BCUT2D eigenvalue weighted by Gasteiger charge is 2.29. The summed E-state index contributed by atoms with van der Waals surface area (Å²) in [7, 11) is -3.74. The molecule has 90 valence electrons. The van der Waals surface area contributed by atoms with E-state index in [0.717, 1.165) is 12.8 Å². The zero-order chi connectivity index (χ0) is 12.3. The Labute approximate surface area is 95.1 Å². The van der Waals surface area contributed by atoms with Crippen LogP contribution in [0.25, 0.3) is 0 Å². The summed E-state index contributed by atoms with van der Waals surface area (Å²) < 4.78 is 25.1. The normalized spacial score (nSPS) is 19.6. The van der Waals surface area contributed by atoms with Crippen LogP contribution in [0.3, 0.4) is 0 Å². The number of rotatable bonds is 5. The van der Waals surface area contributed by atoms with Gasteiger partial charge in [-0.3, -0.25) is 4.79 Å². The Kier molecular flexibility index (Phi) is 3.88. The summed E-state index contributed by atoms with van der Waals surface area (Å²) in [6.07, 6.45) is 1.89. The van der Waals surface area contributed by atoms with Gasteiger partial charge < -0.3 is 5.32 Å². The van der Waals surface area contributed by atoms with Gasteiger partial charge in [0.05, 0.1) is 12.1 Å². The maximum absolute atomic E-state index is 11.5. The first-order valence-electron chi connectivity index (χ1n) is 5.08.